The fraction of sp³-hybridized carbons (Fsp3) is 0.121. The fourth-order valence-electron chi connectivity index (χ4n) is 3.75. The number of anilines is 2. The molecule has 0 fully saturated rings. The van der Waals surface area contributed by atoms with Gasteiger partial charge in [-0.15, -0.1) is 23.2 Å². The standard InChI is InChI=1S/C17H14BrNO5.C15H12BrNO4.CH2Cl2/c1-10(20)24-15-6-4-3-5-12(15)16(21)19-14-8-7-11(18)9-13(14)17(22)23-2;1-21-15(20)11-8-9(16)6-7-12(11)17-14(19)10-4-2-3-5-13(10)18;2-1-3/h3-9H,1-2H3,(H,19,21);2-8,18H,1H3,(H,17,19);1H2. The van der Waals surface area contributed by atoms with Crippen LogP contribution in [0.25, 0.3) is 0 Å². The molecule has 0 saturated carbocycles. The van der Waals surface area contributed by atoms with Crippen LogP contribution in [0.4, 0.5) is 11.4 Å². The number of halogens is 4. The number of carbonyl (C=O) groups is 5. The van der Waals surface area contributed by atoms with E-state index in [0.717, 1.165) is 0 Å². The SMILES string of the molecule is COC(=O)c1cc(Br)ccc1NC(=O)c1ccccc1O.COC(=O)c1cc(Br)ccc1NC(=O)c1ccccc1OC(C)=O.ClCCl. The van der Waals surface area contributed by atoms with E-state index in [9.17, 15) is 29.1 Å². The van der Waals surface area contributed by atoms with Gasteiger partial charge in [-0.05, 0) is 60.7 Å². The van der Waals surface area contributed by atoms with Crippen molar-refractivity contribution in [2.75, 3.05) is 30.2 Å². The van der Waals surface area contributed by atoms with Gasteiger partial charge in [0.15, 0.2) is 0 Å². The lowest BCUT2D eigenvalue weighted by Gasteiger charge is -2.12. The largest absolute Gasteiger partial charge is 0.507 e. The molecule has 0 heterocycles. The first kappa shape index (κ1) is 39.7. The predicted molar refractivity (Wildman–Crippen MR) is 189 cm³/mol. The van der Waals surface area contributed by atoms with Crippen LogP contribution in [0.2, 0.25) is 0 Å². The van der Waals surface area contributed by atoms with Crippen LogP contribution in [-0.4, -0.2) is 54.4 Å². The molecule has 252 valence electrons. The van der Waals surface area contributed by atoms with Crippen LogP contribution in [0.15, 0.2) is 93.9 Å². The number of benzene rings is 4. The van der Waals surface area contributed by atoms with Gasteiger partial charge < -0.3 is 30.0 Å². The minimum Gasteiger partial charge on any atom is -0.507 e. The molecule has 0 saturated heterocycles. The van der Waals surface area contributed by atoms with Gasteiger partial charge >= 0.3 is 17.9 Å². The Hall–Kier alpha value is -4.43. The van der Waals surface area contributed by atoms with Crippen LogP contribution in [-0.2, 0) is 14.3 Å². The second kappa shape index (κ2) is 20.1. The second-order valence-corrected chi connectivity index (χ2v) is 11.6. The van der Waals surface area contributed by atoms with Gasteiger partial charge in [0.25, 0.3) is 11.8 Å². The molecule has 0 radical (unpaired) electrons. The maximum Gasteiger partial charge on any atom is 0.340 e. The number of methoxy groups -OCH3 is 2. The third-order valence-corrected chi connectivity index (χ3v) is 6.79. The highest BCUT2D eigenvalue weighted by molar-refractivity contribution is 9.10. The minimum absolute atomic E-state index is 0.122. The highest BCUT2D eigenvalue weighted by atomic mass is 79.9. The van der Waals surface area contributed by atoms with Crippen molar-refractivity contribution >= 4 is 96.2 Å². The molecule has 0 unspecified atom stereocenters. The van der Waals surface area contributed by atoms with E-state index < -0.39 is 29.7 Å². The van der Waals surface area contributed by atoms with E-state index in [-0.39, 0.29) is 44.8 Å². The van der Waals surface area contributed by atoms with Crippen molar-refractivity contribution in [3.8, 4) is 11.5 Å². The van der Waals surface area contributed by atoms with Gasteiger partial charge in [-0.2, -0.15) is 0 Å². The van der Waals surface area contributed by atoms with E-state index in [0.29, 0.717) is 14.6 Å². The van der Waals surface area contributed by atoms with Crippen LogP contribution < -0.4 is 15.4 Å². The Bertz CT molecular complexity index is 1790. The van der Waals surface area contributed by atoms with Gasteiger partial charge in [-0.1, -0.05) is 56.1 Å². The van der Waals surface area contributed by atoms with Crippen molar-refractivity contribution in [2.24, 2.45) is 0 Å². The topological polar surface area (TPSA) is 157 Å². The number of amides is 2. The summed E-state index contributed by atoms with van der Waals surface area (Å²) >= 11 is 16.0. The molecule has 0 bridgehead atoms. The van der Waals surface area contributed by atoms with Gasteiger partial charge in [0.05, 0.1) is 53.2 Å². The first-order chi connectivity index (χ1) is 22.9. The molecule has 4 aromatic rings. The van der Waals surface area contributed by atoms with Gasteiger partial charge in [0, 0.05) is 15.9 Å². The smallest absolute Gasteiger partial charge is 0.340 e. The molecule has 0 aliphatic carbocycles. The third kappa shape index (κ3) is 12.0. The lowest BCUT2D eigenvalue weighted by molar-refractivity contribution is -0.131. The van der Waals surface area contributed by atoms with Crippen molar-refractivity contribution in [1.29, 1.82) is 0 Å². The highest BCUT2D eigenvalue weighted by Gasteiger charge is 2.19. The Labute approximate surface area is 302 Å². The lowest BCUT2D eigenvalue weighted by Crippen LogP contribution is -2.17. The Kier molecular flexibility index (Phi) is 16.6. The summed E-state index contributed by atoms with van der Waals surface area (Å²) in [5, 5.41) is 15.1. The normalized spacial score (nSPS) is 9.73. The van der Waals surface area contributed by atoms with Gasteiger partial charge in [-0.25, -0.2) is 9.59 Å². The molecule has 0 aliphatic heterocycles. The fourth-order valence-corrected chi connectivity index (χ4v) is 4.47. The summed E-state index contributed by atoms with van der Waals surface area (Å²) in [5.41, 5.74) is 1.30. The average Bonchev–Trinajstić information content (AvgIpc) is 3.06. The Morgan fingerprint density at radius 3 is 1.52 bits per heavy atom. The predicted octanol–water partition coefficient (Wildman–Crippen LogP) is 8.03. The summed E-state index contributed by atoms with van der Waals surface area (Å²) in [4.78, 5) is 59.4. The Morgan fingerprint density at radius 1 is 0.667 bits per heavy atom. The summed E-state index contributed by atoms with van der Waals surface area (Å²) in [7, 11) is 2.52. The van der Waals surface area contributed by atoms with Crippen LogP contribution in [0.5, 0.6) is 11.5 Å². The first-order valence-corrected chi connectivity index (χ1v) is 16.1. The first-order valence-electron chi connectivity index (χ1n) is 13.4. The molecule has 0 aliphatic rings. The summed E-state index contributed by atoms with van der Waals surface area (Å²) < 4.78 is 15.8. The molecule has 15 heteroatoms. The van der Waals surface area contributed by atoms with E-state index in [4.69, 9.17) is 32.7 Å². The van der Waals surface area contributed by atoms with Gasteiger partial charge in [-0.3, -0.25) is 14.4 Å². The molecule has 11 nitrogen and oxygen atoms in total. The van der Waals surface area contributed by atoms with Crippen molar-refractivity contribution in [3.63, 3.8) is 0 Å². The molecular formula is C33H28Br2Cl2N2O9. The zero-order valence-electron chi connectivity index (χ0n) is 25.5. The number of hydrogen-bond acceptors (Lipinski definition) is 9. The number of aromatic hydroxyl groups is 1. The van der Waals surface area contributed by atoms with Crippen molar-refractivity contribution in [2.45, 2.75) is 6.92 Å². The second-order valence-electron chi connectivity index (χ2n) is 8.98. The van der Waals surface area contributed by atoms with E-state index in [1.165, 1.54) is 45.4 Å². The number of alkyl halides is 2. The number of carbonyl (C=O) groups excluding carboxylic acids is 5. The minimum atomic E-state index is -0.583. The molecule has 0 spiro atoms. The van der Waals surface area contributed by atoms with Crippen molar-refractivity contribution < 1.29 is 43.3 Å². The molecular weight excluding hydrogens is 799 g/mol. The molecule has 48 heavy (non-hydrogen) atoms. The number of hydrogen-bond donors (Lipinski definition) is 3. The number of phenols is 1. The van der Waals surface area contributed by atoms with E-state index in [2.05, 4.69) is 47.2 Å². The average molecular weight is 827 g/mol. The molecule has 4 aromatic carbocycles. The van der Waals surface area contributed by atoms with Crippen molar-refractivity contribution in [1.82, 2.24) is 0 Å². The zero-order chi connectivity index (χ0) is 35.8. The molecule has 0 aromatic heterocycles. The van der Waals surface area contributed by atoms with Crippen LogP contribution in [0.3, 0.4) is 0 Å². The van der Waals surface area contributed by atoms with Crippen LogP contribution in [0, 0.1) is 0 Å². The summed E-state index contributed by atoms with van der Waals surface area (Å²) in [6, 6.07) is 22.1. The Balaban J connectivity index is 0.000000310. The summed E-state index contributed by atoms with van der Waals surface area (Å²) in [6.07, 6.45) is 0. The van der Waals surface area contributed by atoms with Gasteiger partial charge in [0.1, 0.15) is 11.5 Å². The maximum atomic E-state index is 12.5. The lowest BCUT2D eigenvalue weighted by atomic mass is 10.1. The maximum absolute atomic E-state index is 12.5. The highest BCUT2D eigenvalue weighted by Crippen LogP contribution is 2.26. The van der Waals surface area contributed by atoms with E-state index in [1.807, 2.05) is 0 Å². The Morgan fingerprint density at radius 2 is 1.08 bits per heavy atom. The zero-order valence-corrected chi connectivity index (χ0v) is 30.2. The number of nitrogens with one attached hydrogen (secondary N) is 2. The van der Waals surface area contributed by atoms with Crippen molar-refractivity contribution in [3.05, 3.63) is 116 Å². The number of ether oxygens (including phenoxy) is 3. The van der Waals surface area contributed by atoms with Gasteiger partial charge in [0.2, 0.25) is 0 Å². The monoisotopic (exact) mass is 824 g/mol. The van der Waals surface area contributed by atoms with E-state index in [1.54, 1.807) is 60.7 Å². The number of phenolic OH excluding ortho intramolecular Hbond substituents is 1. The molecule has 3 N–H and O–H groups in total. The molecule has 2 amide bonds. The quantitative estimate of drug-likeness (QED) is 0.0954. The number of rotatable bonds is 7. The number of esters is 3. The van der Waals surface area contributed by atoms with Crippen LogP contribution in [0.1, 0.15) is 48.4 Å². The molecule has 0 atom stereocenters. The van der Waals surface area contributed by atoms with Crippen LogP contribution >= 0.6 is 55.1 Å². The van der Waals surface area contributed by atoms with E-state index >= 15 is 0 Å². The summed E-state index contributed by atoms with van der Waals surface area (Å²) in [6.45, 7) is 1.25. The molecule has 4 rings (SSSR count). The summed E-state index contributed by atoms with van der Waals surface area (Å²) in [5.74, 6) is -2.70. The number of para-hydroxylation sites is 2. The third-order valence-electron chi connectivity index (χ3n) is 5.80.